The largest absolute Gasteiger partial charge is 0.497 e. The van der Waals surface area contributed by atoms with Gasteiger partial charge in [-0.05, 0) is 148 Å². The van der Waals surface area contributed by atoms with Gasteiger partial charge in [-0.25, -0.2) is 0 Å². The molecule has 0 fully saturated rings. The zero-order chi connectivity index (χ0) is 41.2. The summed E-state index contributed by atoms with van der Waals surface area (Å²) in [7, 11) is 1.72. The molecule has 296 valence electrons. The smallest absolute Gasteiger partial charge is 0.119 e. The van der Waals surface area contributed by atoms with Crippen LogP contribution in [0.4, 0.5) is 17.1 Å². The standard InChI is InChI=1S/C57H52N2O/c1-39(2)36-53(40(3)4)45-18-16-43(17-19-45)46-24-34-56-54(37-46)55-38-47(25-35-57(55)59(56)51-30-32-52(60-5)33-31-51)44-22-28-50(29-23-44)58(48-14-10-7-11-15-48)49-26-20-42(21-27-49)41-12-8-6-9-13-41/h6-35,37-40,53H,36H2,1-5H3. The van der Waals surface area contributed by atoms with Gasteiger partial charge in [-0.3, -0.25) is 0 Å². The normalized spacial score (nSPS) is 12.1. The number of methoxy groups -OCH3 is 1. The third kappa shape index (κ3) is 7.72. The van der Waals surface area contributed by atoms with E-state index in [1.807, 2.05) is 12.1 Å². The molecule has 9 aromatic rings. The highest BCUT2D eigenvalue weighted by molar-refractivity contribution is 6.11. The molecule has 0 saturated heterocycles. The summed E-state index contributed by atoms with van der Waals surface area (Å²) in [6, 6.07) is 70.6. The summed E-state index contributed by atoms with van der Waals surface area (Å²) in [5, 5.41) is 2.46. The van der Waals surface area contributed by atoms with Crippen LogP contribution in [0.2, 0.25) is 0 Å². The number of para-hydroxylation sites is 1. The number of benzene rings is 8. The van der Waals surface area contributed by atoms with Crippen LogP contribution in [-0.4, -0.2) is 11.7 Å². The lowest BCUT2D eigenvalue weighted by molar-refractivity contribution is 0.408. The van der Waals surface area contributed by atoms with Crippen LogP contribution in [0.25, 0.3) is 60.9 Å². The molecule has 0 bridgehead atoms. The average molecular weight is 781 g/mol. The lowest BCUT2D eigenvalue weighted by atomic mass is 9.82. The van der Waals surface area contributed by atoms with Crippen LogP contribution >= 0.6 is 0 Å². The molecule has 1 aromatic heterocycles. The highest BCUT2D eigenvalue weighted by Gasteiger charge is 2.19. The quantitative estimate of drug-likeness (QED) is 0.123. The fourth-order valence-electron chi connectivity index (χ4n) is 8.88. The van der Waals surface area contributed by atoms with Crippen molar-refractivity contribution in [1.82, 2.24) is 4.57 Å². The van der Waals surface area contributed by atoms with Crippen molar-refractivity contribution >= 4 is 38.9 Å². The number of nitrogens with zero attached hydrogens (tertiary/aromatic N) is 2. The van der Waals surface area contributed by atoms with E-state index in [-0.39, 0.29) is 0 Å². The molecule has 3 heteroatoms. The molecule has 0 aliphatic rings. The number of anilines is 3. The van der Waals surface area contributed by atoms with Crippen LogP contribution in [-0.2, 0) is 0 Å². The van der Waals surface area contributed by atoms with Crippen molar-refractivity contribution in [3.05, 3.63) is 200 Å². The molecule has 0 aliphatic heterocycles. The van der Waals surface area contributed by atoms with Crippen molar-refractivity contribution in [2.45, 2.75) is 40.0 Å². The SMILES string of the molecule is COc1ccc(-n2c3ccc(-c4ccc(C(CC(C)C)C(C)C)cc4)cc3c3cc(-c4ccc(N(c5ccccc5)c5ccc(-c6ccccc6)cc5)cc4)ccc32)cc1. The summed E-state index contributed by atoms with van der Waals surface area (Å²) in [5.74, 6) is 2.67. The Balaban J connectivity index is 1.10. The van der Waals surface area contributed by atoms with Crippen LogP contribution in [0.15, 0.2) is 194 Å². The molecular weight excluding hydrogens is 729 g/mol. The highest BCUT2D eigenvalue weighted by atomic mass is 16.5. The van der Waals surface area contributed by atoms with E-state index in [1.54, 1.807) is 7.11 Å². The van der Waals surface area contributed by atoms with Gasteiger partial charge in [-0.1, -0.05) is 137 Å². The molecule has 1 unspecified atom stereocenters. The van der Waals surface area contributed by atoms with Gasteiger partial charge in [0.15, 0.2) is 0 Å². The second kappa shape index (κ2) is 16.8. The first kappa shape index (κ1) is 38.7. The monoisotopic (exact) mass is 780 g/mol. The van der Waals surface area contributed by atoms with Crippen molar-refractivity contribution < 1.29 is 4.74 Å². The number of ether oxygens (including phenoxy) is 1. The first-order valence-electron chi connectivity index (χ1n) is 21.3. The van der Waals surface area contributed by atoms with E-state index < -0.39 is 0 Å². The minimum absolute atomic E-state index is 0.560. The first-order chi connectivity index (χ1) is 29.3. The zero-order valence-corrected chi connectivity index (χ0v) is 35.2. The van der Waals surface area contributed by atoms with Gasteiger partial charge in [0.1, 0.15) is 5.75 Å². The van der Waals surface area contributed by atoms with Crippen molar-refractivity contribution in [2.75, 3.05) is 12.0 Å². The molecule has 1 atom stereocenters. The van der Waals surface area contributed by atoms with Gasteiger partial charge in [-0.2, -0.15) is 0 Å². The molecule has 1 heterocycles. The number of hydrogen-bond donors (Lipinski definition) is 0. The molecule has 0 aliphatic carbocycles. The summed E-state index contributed by atoms with van der Waals surface area (Å²) >= 11 is 0. The van der Waals surface area contributed by atoms with E-state index in [0.717, 1.165) is 28.5 Å². The van der Waals surface area contributed by atoms with Gasteiger partial charge in [0.2, 0.25) is 0 Å². The van der Waals surface area contributed by atoms with E-state index in [9.17, 15) is 0 Å². The van der Waals surface area contributed by atoms with E-state index in [2.05, 4.69) is 219 Å². The molecule has 0 amide bonds. The third-order valence-corrected chi connectivity index (χ3v) is 12.0. The molecule has 60 heavy (non-hydrogen) atoms. The maximum Gasteiger partial charge on any atom is 0.119 e. The van der Waals surface area contributed by atoms with E-state index in [1.165, 1.54) is 67.2 Å². The lowest BCUT2D eigenvalue weighted by Gasteiger charge is -2.26. The van der Waals surface area contributed by atoms with E-state index in [4.69, 9.17) is 4.74 Å². The van der Waals surface area contributed by atoms with Gasteiger partial charge in [0.05, 0.1) is 18.1 Å². The predicted molar refractivity (Wildman–Crippen MR) is 255 cm³/mol. The Morgan fingerprint density at radius 3 is 1.37 bits per heavy atom. The topological polar surface area (TPSA) is 17.4 Å². The third-order valence-electron chi connectivity index (χ3n) is 12.0. The molecule has 8 aromatic carbocycles. The van der Waals surface area contributed by atoms with Crippen LogP contribution in [0.3, 0.4) is 0 Å². The van der Waals surface area contributed by atoms with Crippen molar-refractivity contribution in [3.63, 3.8) is 0 Å². The maximum absolute atomic E-state index is 5.53. The van der Waals surface area contributed by atoms with Crippen LogP contribution in [0.5, 0.6) is 5.75 Å². The number of rotatable bonds is 12. The Labute approximate surface area is 355 Å². The van der Waals surface area contributed by atoms with Crippen LogP contribution in [0, 0.1) is 11.8 Å². The van der Waals surface area contributed by atoms with E-state index >= 15 is 0 Å². The van der Waals surface area contributed by atoms with Crippen LogP contribution in [0.1, 0.15) is 45.6 Å². The number of fused-ring (bicyclic) bond motifs is 3. The molecule has 0 spiro atoms. The predicted octanol–water partition coefficient (Wildman–Crippen LogP) is 16.0. The zero-order valence-electron chi connectivity index (χ0n) is 35.2. The van der Waals surface area contributed by atoms with Gasteiger partial charge >= 0.3 is 0 Å². The Morgan fingerprint density at radius 2 is 0.883 bits per heavy atom. The Bertz CT molecular complexity index is 2840. The molecular formula is C57H52N2O. The fraction of sp³-hybridized carbons (Fsp3) is 0.158. The van der Waals surface area contributed by atoms with E-state index in [0.29, 0.717) is 17.8 Å². The first-order valence-corrected chi connectivity index (χ1v) is 21.3. The second-order valence-corrected chi connectivity index (χ2v) is 16.7. The second-order valence-electron chi connectivity index (χ2n) is 16.7. The summed E-state index contributed by atoms with van der Waals surface area (Å²) in [6.45, 7) is 9.35. The molecule has 0 saturated carbocycles. The molecule has 3 nitrogen and oxygen atoms in total. The number of hydrogen-bond acceptors (Lipinski definition) is 2. The lowest BCUT2D eigenvalue weighted by Crippen LogP contribution is -2.09. The van der Waals surface area contributed by atoms with Crippen molar-refractivity contribution in [1.29, 1.82) is 0 Å². The Hall–Kier alpha value is -6.84. The summed E-state index contributed by atoms with van der Waals surface area (Å²) in [5.41, 5.74) is 15.5. The average Bonchev–Trinajstić information content (AvgIpc) is 3.62. The van der Waals surface area contributed by atoms with Gasteiger partial charge in [0.25, 0.3) is 0 Å². The minimum atomic E-state index is 0.560. The summed E-state index contributed by atoms with van der Waals surface area (Å²) < 4.78 is 7.91. The van der Waals surface area contributed by atoms with Gasteiger partial charge in [-0.15, -0.1) is 0 Å². The highest BCUT2D eigenvalue weighted by Crippen LogP contribution is 2.40. The molecule has 0 radical (unpaired) electrons. The maximum atomic E-state index is 5.53. The van der Waals surface area contributed by atoms with Crippen molar-refractivity contribution in [2.24, 2.45) is 11.8 Å². The van der Waals surface area contributed by atoms with Crippen molar-refractivity contribution in [3.8, 4) is 44.8 Å². The molecule has 9 rings (SSSR count). The molecule has 0 N–H and O–H groups in total. The van der Waals surface area contributed by atoms with Crippen LogP contribution < -0.4 is 9.64 Å². The summed E-state index contributed by atoms with van der Waals surface area (Å²) in [4.78, 5) is 2.32. The van der Waals surface area contributed by atoms with Gasteiger partial charge < -0.3 is 14.2 Å². The Kier molecular flexibility index (Phi) is 10.8. The fourth-order valence-corrected chi connectivity index (χ4v) is 8.88. The Morgan fingerprint density at radius 1 is 0.450 bits per heavy atom. The summed E-state index contributed by atoms with van der Waals surface area (Å²) in [6.07, 6.45) is 1.20. The minimum Gasteiger partial charge on any atom is -0.497 e. The van der Waals surface area contributed by atoms with Gasteiger partial charge in [0, 0.05) is 33.5 Å². The number of aromatic nitrogens is 1.